The number of ketones is 2. The van der Waals surface area contributed by atoms with Crippen LogP contribution in [-0.4, -0.2) is 17.7 Å². The van der Waals surface area contributed by atoms with Crippen molar-refractivity contribution in [3.63, 3.8) is 0 Å². The lowest BCUT2D eigenvalue weighted by molar-refractivity contribution is 0.0793. The van der Waals surface area contributed by atoms with E-state index in [0.29, 0.717) is 23.1 Å². The summed E-state index contributed by atoms with van der Waals surface area (Å²) in [5.41, 5.74) is 1.52. The molecule has 22 heavy (non-hydrogen) atoms. The molecule has 0 spiro atoms. The van der Waals surface area contributed by atoms with Crippen LogP contribution in [0.5, 0.6) is 0 Å². The van der Waals surface area contributed by atoms with E-state index in [1.165, 1.54) is 0 Å². The Morgan fingerprint density at radius 1 is 0.955 bits per heavy atom. The largest absolute Gasteiger partial charge is 0.486 e. The van der Waals surface area contributed by atoms with E-state index in [-0.39, 0.29) is 23.4 Å². The zero-order chi connectivity index (χ0) is 16.1. The van der Waals surface area contributed by atoms with Crippen LogP contribution in [0, 0.1) is 0 Å². The maximum absolute atomic E-state index is 12.7. The zero-order valence-corrected chi connectivity index (χ0v) is 13.6. The molecule has 1 aromatic rings. The van der Waals surface area contributed by atoms with E-state index in [2.05, 4.69) is 6.92 Å². The number of unbranched alkanes of at least 4 members (excludes halogenated alkanes) is 3. The average molecular weight is 300 g/mol. The normalized spacial score (nSPS) is 14.5. The van der Waals surface area contributed by atoms with E-state index in [0.717, 1.165) is 25.7 Å². The Kier molecular flexibility index (Phi) is 5.53. The quantitative estimate of drug-likeness (QED) is 0.685. The van der Waals surface area contributed by atoms with Crippen LogP contribution in [-0.2, 0) is 4.74 Å². The fourth-order valence-electron chi connectivity index (χ4n) is 2.72. The van der Waals surface area contributed by atoms with Gasteiger partial charge in [-0.15, -0.1) is 0 Å². The lowest BCUT2D eigenvalue weighted by Crippen LogP contribution is -2.25. The standard InChI is InChI=1S/C19H24O3/c1-4-5-6-7-12-16-17(20)14-10-8-9-11-15(14)18(21)19(16)22-13(2)3/h8-11,13H,4-7,12H2,1-3H3. The summed E-state index contributed by atoms with van der Waals surface area (Å²) >= 11 is 0. The van der Waals surface area contributed by atoms with Crippen molar-refractivity contribution in [3.8, 4) is 0 Å². The molecule has 0 aromatic heterocycles. The third kappa shape index (κ3) is 3.46. The number of fused-ring (bicyclic) bond motifs is 1. The second kappa shape index (κ2) is 7.39. The number of ether oxygens (including phenoxy) is 1. The summed E-state index contributed by atoms with van der Waals surface area (Å²) in [7, 11) is 0. The Morgan fingerprint density at radius 3 is 2.18 bits per heavy atom. The minimum absolute atomic E-state index is 0.0534. The van der Waals surface area contributed by atoms with Crippen molar-refractivity contribution in [2.75, 3.05) is 0 Å². The highest BCUT2D eigenvalue weighted by atomic mass is 16.5. The molecule has 0 fully saturated rings. The fraction of sp³-hybridized carbons (Fsp3) is 0.474. The van der Waals surface area contributed by atoms with Crippen LogP contribution in [0.25, 0.3) is 0 Å². The number of hydrogen-bond acceptors (Lipinski definition) is 3. The van der Waals surface area contributed by atoms with Crippen LogP contribution in [0.1, 0.15) is 73.6 Å². The molecule has 0 saturated heterocycles. The topological polar surface area (TPSA) is 43.4 Å². The lowest BCUT2D eigenvalue weighted by Gasteiger charge is -2.22. The molecule has 0 atom stereocenters. The van der Waals surface area contributed by atoms with Gasteiger partial charge >= 0.3 is 0 Å². The number of hydrogen-bond donors (Lipinski definition) is 0. The van der Waals surface area contributed by atoms with Crippen molar-refractivity contribution >= 4 is 11.6 Å². The molecule has 1 aromatic carbocycles. The predicted octanol–water partition coefficient (Wildman–Crippen LogP) is 4.72. The number of carbonyl (C=O) groups excluding carboxylic acids is 2. The van der Waals surface area contributed by atoms with Crippen molar-refractivity contribution in [1.82, 2.24) is 0 Å². The highest BCUT2D eigenvalue weighted by molar-refractivity contribution is 6.26. The maximum Gasteiger partial charge on any atom is 0.228 e. The van der Waals surface area contributed by atoms with Crippen LogP contribution in [0.3, 0.4) is 0 Å². The molecule has 2 rings (SSSR count). The van der Waals surface area contributed by atoms with Gasteiger partial charge in [0.1, 0.15) is 0 Å². The summed E-state index contributed by atoms with van der Waals surface area (Å²) < 4.78 is 5.71. The van der Waals surface area contributed by atoms with Gasteiger partial charge in [-0.3, -0.25) is 9.59 Å². The van der Waals surface area contributed by atoms with Crippen LogP contribution >= 0.6 is 0 Å². The minimum atomic E-state index is -0.158. The number of rotatable bonds is 7. The number of allylic oxidation sites excluding steroid dienone is 2. The second-order valence-corrected chi connectivity index (χ2v) is 5.99. The molecule has 0 saturated carbocycles. The van der Waals surface area contributed by atoms with E-state index >= 15 is 0 Å². The molecule has 0 unspecified atom stereocenters. The molecule has 0 aliphatic heterocycles. The van der Waals surface area contributed by atoms with Gasteiger partial charge in [0.2, 0.25) is 5.78 Å². The first-order valence-corrected chi connectivity index (χ1v) is 8.14. The number of benzene rings is 1. The van der Waals surface area contributed by atoms with Gasteiger partial charge in [0.15, 0.2) is 11.5 Å². The highest BCUT2D eigenvalue weighted by Gasteiger charge is 2.33. The number of Topliss-reactive ketones (excluding diaryl/α,β-unsaturated/α-hetero) is 2. The predicted molar refractivity (Wildman–Crippen MR) is 87.1 cm³/mol. The zero-order valence-electron chi connectivity index (χ0n) is 13.6. The number of carbonyl (C=O) groups is 2. The first-order valence-electron chi connectivity index (χ1n) is 8.14. The van der Waals surface area contributed by atoms with Crippen LogP contribution < -0.4 is 0 Å². The molecule has 3 heteroatoms. The monoisotopic (exact) mass is 300 g/mol. The molecule has 3 nitrogen and oxygen atoms in total. The molecule has 0 bridgehead atoms. The van der Waals surface area contributed by atoms with Crippen LogP contribution in [0.2, 0.25) is 0 Å². The van der Waals surface area contributed by atoms with Gasteiger partial charge in [0, 0.05) is 16.7 Å². The van der Waals surface area contributed by atoms with Crippen molar-refractivity contribution in [2.45, 2.75) is 59.0 Å². The van der Waals surface area contributed by atoms with E-state index in [1.54, 1.807) is 24.3 Å². The summed E-state index contributed by atoms with van der Waals surface area (Å²) in [6, 6.07) is 7.01. The summed E-state index contributed by atoms with van der Waals surface area (Å²) in [4.78, 5) is 25.4. The molecule has 1 aliphatic carbocycles. The van der Waals surface area contributed by atoms with Gasteiger partial charge in [0.25, 0.3) is 0 Å². The van der Waals surface area contributed by atoms with E-state index in [9.17, 15) is 9.59 Å². The molecule has 1 aliphatic rings. The maximum atomic E-state index is 12.7. The first kappa shape index (κ1) is 16.5. The van der Waals surface area contributed by atoms with Crippen molar-refractivity contribution < 1.29 is 14.3 Å². The van der Waals surface area contributed by atoms with Gasteiger partial charge in [-0.05, 0) is 26.7 Å². The Morgan fingerprint density at radius 2 is 1.59 bits per heavy atom. The van der Waals surface area contributed by atoms with Gasteiger partial charge in [-0.1, -0.05) is 50.5 Å². The van der Waals surface area contributed by atoms with Crippen molar-refractivity contribution in [2.24, 2.45) is 0 Å². The molecule has 0 amide bonds. The van der Waals surface area contributed by atoms with Crippen molar-refractivity contribution in [3.05, 3.63) is 46.7 Å². The Hall–Kier alpha value is -1.90. The van der Waals surface area contributed by atoms with E-state index in [4.69, 9.17) is 4.74 Å². The second-order valence-electron chi connectivity index (χ2n) is 5.99. The average Bonchev–Trinajstić information content (AvgIpc) is 2.51. The van der Waals surface area contributed by atoms with Crippen LogP contribution in [0.4, 0.5) is 0 Å². The Bertz CT molecular complexity index is 596. The highest BCUT2D eigenvalue weighted by Crippen LogP contribution is 2.30. The van der Waals surface area contributed by atoms with Gasteiger partial charge in [0.05, 0.1) is 6.10 Å². The molecule has 0 N–H and O–H groups in total. The summed E-state index contributed by atoms with van der Waals surface area (Å²) in [6.45, 7) is 5.90. The third-order valence-corrected chi connectivity index (χ3v) is 3.80. The smallest absolute Gasteiger partial charge is 0.228 e. The minimum Gasteiger partial charge on any atom is -0.486 e. The summed E-state index contributed by atoms with van der Waals surface area (Å²) in [6.07, 6.45) is 4.76. The third-order valence-electron chi connectivity index (χ3n) is 3.80. The van der Waals surface area contributed by atoms with Crippen LogP contribution in [0.15, 0.2) is 35.6 Å². The molecular weight excluding hydrogens is 276 g/mol. The molecule has 118 valence electrons. The fourth-order valence-corrected chi connectivity index (χ4v) is 2.72. The SMILES string of the molecule is CCCCCCC1=C(OC(C)C)C(=O)c2ccccc2C1=O. The van der Waals surface area contributed by atoms with Gasteiger partial charge in [-0.25, -0.2) is 0 Å². The molecular formula is C19H24O3. The van der Waals surface area contributed by atoms with Gasteiger partial charge < -0.3 is 4.74 Å². The molecule has 0 radical (unpaired) electrons. The Labute approximate surface area is 132 Å². The Balaban J connectivity index is 2.33. The van der Waals surface area contributed by atoms with Crippen molar-refractivity contribution in [1.29, 1.82) is 0 Å². The molecule has 0 heterocycles. The summed E-state index contributed by atoms with van der Waals surface area (Å²) in [5.74, 6) is 0.0481. The van der Waals surface area contributed by atoms with E-state index < -0.39 is 0 Å². The van der Waals surface area contributed by atoms with E-state index in [1.807, 2.05) is 13.8 Å². The van der Waals surface area contributed by atoms with Gasteiger partial charge in [-0.2, -0.15) is 0 Å². The first-order chi connectivity index (χ1) is 10.6. The summed E-state index contributed by atoms with van der Waals surface area (Å²) in [5, 5.41) is 0. The lowest BCUT2D eigenvalue weighted by atomic mass is 9.86.